The van der Waals surface area contributed by atoms with Crippen LogP contribution in [-0.2, 0) is 29.0 Å². The van der Waals surface area contributed by atoms with Crippen LogP contribution in [0.2, 0.25) is 0 Å². The summed E-state index contributed by atoms with van der Waals surface area (Å²) >= 11 is 0. The monoisotopic (exact) mass is 482 g/mol. The summed E-state index contributed by atoms with van der Waals surface area (Å²) in [6.45, 7) is 4.54. The van der Waals surface area contributed by atoms with E-state index in [0.29, 0.717) is 25.8 Å². The Morgan fingerprint density at radius 3 is 2.00 bits per heavy atom. The maximum atomic E-state index is 13.8. The minimum Gasteiger partial charge on any atom is -0.352 e. The van der Waals surface area contributed by atoms with Gasteiger partial charge in [0, 0.05) is 25.4 Å². The average Bonchev–Trinajstić information content (AvgIpc) is 3.40. The SMILES string of the molecule is Cc1ccc(CCC(=O)N(Cc2ccc(C)cc2)[C@@H](Cc2ccccc2)C(=O)NC2CCCC2)cc1. The number of nitrogens with one attached hydrogen (secondary N) is 1. The van der Waals surface area contributed by atoms with Crippen LogP contribution in [0.1, 0.15) is 59.9 Å². The van der Waals surface area contributed by atoms with Crippen LogP contribution in [0.4, 0.5) is 0 Å². The molecule has 0 unspecified atom stereocenters. The molecule has 0 aliphatic heterocycles. The Balaban J connectivity index is 1.59. The summed E-state index contributed by atoms with van der Waals surface area (Å²) in [4.78, 5) is 29.3. The molecule has 1 aliphatic carbocycles. The van der Waals surface area contributed by atoms with E-state index in [9.17, 15) is 9.59 Å². The lowest BCUT2D eigenvalue weighted by Gasteiger charge is -2.32. The molecule has 188 valence electrons. The van der Waals surface area contributed by atoms with Crippen LogP contribution in [0, 0.1) is 13.8 Å². The second-order valence-corrected chi connectivity index (χ2v) is 10.2. The van der Waals surface area contributed by atoms with Crippen molar-refractivity contribution in [2.24, 2.45) is 0 Å². The molecular formula is C32H38N2O2. The van der Waals surface area contributed by atoms with Gasteiger partial charge in [-0.3, -0.25) is 9.59 Å². The van der Waals surface area contributed by atoms with Crippen molar-refractivity contribution in [3.63, 3.8) is 0 Å². The number of nitrogens with zero attached hydrogens (tertiary/aromatic N) is 1. The molecule has 4 nitrogen and oxygen atoms in total. The lowest BCUT2D eigenvalue weighted by atomic mass is 10.0. The third-order valence-electron chi connectivity index (χ3n) is 7.19. The normalized spacial score (nSPS) is 14.4. The molecule has 1 N–H and O–H groups in total. The van der Waals surface area contributed by atoms with Gasteiger partial charge >= 0.3 is 0 Å². The maximum Gasteiger partial charge on any atom is 0.243 e. The van der Waals surface area contributed by atoms with Gasteiger partial charge in [-0.05, 0) is 49.8 Å². The summed E-state index contributed by atoms with van der Waals surface area (Å²) in [5.74, 6) is -0.0276. The summed E-state index contributed by atoms with van der Waals surface area (Å²) in [7, 11) is 0. The lowest BCUT2D eigenvalue weighted by Crippen LogP contribution is -2.52. The Morgan fingerprint density at radius 1 is 0.806 bits per heavy atom. The van der Waals surface area contributed by atoms with Gasteiger partial charge in [0.05, 0.1) is 0 Å². The molecule has 0 heterocycles. The van der Waals surface area contributed by atoms with Gasteiger partial charge in [0.25, 0.3) is 0 Å². The molecule has 0 radical (unpaired) electrons. The first-order chi connectivity index (χ1) is 17.5. The fraction of sp³-hybridized carbons (Fsp3) is 0.375. The van der Waals surface area contributed by atoms with Gasteiger partial charge in [-0.2, -0.15) is 0 Å². The zero-order valence-corrected chi connectivity index (χ0v) is 21.6. The molecule has 4 rings (SSSR count). The molecule has 2 amide bonds. The number of amides is 2. The van der Waals surface area contributed by atoms with Crippen LogP contribution < -0.4 is 5.32 Å². The van der Waals surface area contributed by atoms with Crippen molar-refractivity contribution in [2.75, 3.05) is 0 Å². The van der Waals surface area contributed by atoms with E-state index in [1.165, 1.54) is 11.1 Å². The molecule has 3 aromatic carbocycles. The van der Waals surface area contributed by atoms with Crippen molar-refractivity contribution >= 4 is 11.8 Å². The fourth-order valence-corrected chi connectivity index (χ4v) is 4.96. The predicted octanol–water partition coefficient (Wildman–Crippen LogP) is 5.93. The van der Waals surface area contributed by atoms with E-state index in [-0.39, 0.29) is 17.9 Å². The molecule has 0 aromatic heterocycles. The number of rotatable bonds is 10. The number of benzene rings is 3. The van der Waals surface area contributed by atoms with Crippen LogP contribution in [0.15, 0.2) is 78.9 Å². The Hall–Kier alpha value is -3.40. The molecule has 1 saturated carbocycles. The van der Waals surface area contributed by atoms with Crippen LogP contribution in [0.25, 0.3) is 0 Å². The molecule has 3 aromatic rings. The number of carbonyl (C=O) groups is 2. The highest BCUT2D eigenvalue weighted by atomic mass is 16.2. The molecule has 4 heteroatoms. The first-order valence-electron chi connectivity index (χ1n) is 13.2. The number of hydrogen-bond donors (Lipinski definition) is 1. The van der Waals surface area contributed by atoms with E-state index in [0.717, 1.165) is 42.4 Å². The number of carbonyl (C=O) groups excluding carboxylic acids is 2. The van der Waals surface area contributed by atoms with Crippen molar-refractivity contribution in [2.45, 2.75) is 77.4 Å². The summed E-state index contributed by atoms with van der Waals surface area (Å²) in [5.41, 5.74) is 5.62. The van der Waals surface area contributed by atoms with Crippen LogP contribution in [0.3, 0.4) is 0 Å². The van der Waals surface area contributed by atoms with Crippen LogP contribution in [-0.4, -0.2) is 28.8 Å². The molecule has 1 aliphatic rings. The smallest absolute Gasteiger partial charge is 0.243 e. The second-order valence-electron chi connectivity index (χ2n) is 10.2. The average molecular weight is 483 g/mol. The lowest BCUT2D eigenvalue weighted by molar-refractivity contribution is -0.141. The molecule has 0 bridgehead atoms. The van der Waals surface area contributed by atoms with E-state index < -0.39 is 6.04 Å². The quantitative estimate of drug-likeness (QED) is 0.389. The van der Waals surface area contributed by atoms with Gasteiger partial charge in [-0.15, -0.1) is 0 Å². The standard InChI is InChI=1S/C32H38N2O2/c1-24-12-16-26(17-13-24)20-21-31(35)34(23-28-18-14-25(2)15-19-28)30(22-27-8-4-3-5-9-27)32(36)33-29-10-6-7-11-29/h3-5,8-9,12-19,29-30H,6-7,10-11,20-23H2,1-2H3,(H,33,36)/t30-/m0/s1. The largest absolute Gasteiger partial charge is 0.352 e. The summed E-state index contributed by atoms with van der Waals surface area (Å²) in [6.07, 6.45) is 5.87. The number of aryl methyl sites for hydroxylation is 3. The van der Waals surface area contributed by atoms with Gasteiger partial charge in [0.15, 0.2) is 0 Å². The Morgan fingerprint density at radius 2 is 1.39 bits per heavy atom. The molecule has 1 atom stereocenters. The summed E-state index contributed by atoms with van der Waals surface area (Å²) < 4.78 is 0. The highest BCUT2D eigenvalue weighted by Crippen LogP contribution is 2.21. The van der Waals surface area contributed by atoms with Gasteiger partial charge in [0.1, 0.15) is 6.04 Å². The second kappa shape index (κ2) is 12.5. The molecule has 36 heavy (non-hydrogen) atoms. The summed E-state index contributed by atoms with van der Waals surface area (Å²) in [5, 5.41) is 3.28. The fourth-order valence-electron chi connectivity index (χ4n) is 4.96. The van der Waals surface area contributed by atoms with Gasteiger partial charge < -0.3 is 10.2 Å². The van der Waals surface area contributed by atoms with Crippen molar-refractivity contribution in [3.05, 3.63) is 107 Å². The van der Waals surface area contributed by atoms with Crippen molar-refractivity contribution in [1.82, 2.24) is 10.2 Å². The van der Waals surface area contributed by atoms with E-state index in [4.69, 9.17) is 0 Å². The molecule has 1 fully saturated rings. The Bertz CT molecular complexity index is 1120. The van der Waals surface area contributed by atoms with Gasteiger partial charge in [0.2, 0.25) is 11.8 Å². The first kappa shape index (κ1) is 25.7. The molecule has 0 saturated heterocycles. The zero-order chi connectivity index (χ0) is 25.3. The highest BCUT2D eigenvalue weighted by molar-refractivity contribution is 5.88. The van der Waals surface area contributed by atoms with Crippen LogP contribution >= 0.6 is 0 Å². The van der Waals surface area contributed by atoms with Crippen molar-refractivity contribution in [3.8, 4) is 0 Å². The van der Waals surface area contributed by atoms with Crippen molar-refractivity contribution in [1.29, 1.82) is 0 Å². The van der Waals surface area contributed by atoms with E-state index >= 15 is 0 Å². The third kappa shape index (κ3) is 7.30. The third-order valence-corrected chi connectivity index (χ3v) is 7.19. The molecule has 0 spiro atoms. The van der Waals surface area contributed by atoms with Crippen molar-refractivity contribution < 1.29 is 9.59 Å². The zero-order valence-electron chi connectivity index (χ0n) is 21.6. The Kier molecular flexibility index (Phi) is 8.94. The van der Waals surface area contributed by atoms with Gasteiger partial charge in [-0.25, -0.2) is 0 Å². The van der Waals surface area contributed by atoms with E-state index in [1.807, 2.05) is 35.2 Å². The summed E-state index contributed by atoms with van der Waals surface area (Å²) in [6, 6.07) is 26.3. The molecular weight excluding hydrogens is 444 g/mol. The Labute approximate surface area is 215 Å². The minimum atomic E-state index is -0.556. The minimum absolute atomic E-state index is 0.0126. The maximum absolute atomic E-state index is 13.8. The van der Waals surface area contributed by atoms with Gasteiger partial charge in [-0.1, -0.05) is 103 Å². The highest BCUT2D eigenvalue weighted by Gasteiger charge is 2.32. The number of hydrogen-bond acceptors (Lipinski definition) is 2. The first-order valence-corrected chi connectivity index (χ1v) is 13.2. The topological polar surface area (TPSA) is 49.4 Å². The van der Waals surface area contributed by atoms with E-state index in [2.05, 4.69) is 67.7 Å². The van der Waals surface area contributed by atoms with Crippen LogP contribution in [0.5, 0.6) is 0 Å². The van der Waals surface area contributed by atoms with E-state index in [1.54, 1.807) is 0 Å². The predicted molar refractivity (Wildman–Crippen MR) is 146 cm³/mol.